The van der Waals surface area contributed by atoms with Crippen molar-refractivity contribution in [3.8, 4) is 17.0 Å². The first kappa shape index (κ1) is 18.5. The Bertz CT molecular complexity index is 832. The Morgan fingerprint density at radius 2 is 1.77 bits per heavy atom. The van der Waals surface area contributed by atoms with Crippen molar-refractivity contribution in [1.29, 1.82) is 0 Å². The smallest absolute Gasteiger partial charge is 0.168 e. The van der Waals surface area contributed by atoms with Crippen LogP contribution < -0.4 is 4.74 Å². The summed E-state index contributed by atoms with van der Waals surface area (Å²) in [6.07, 6.45) is 1.88. The summed E-state index contributed by atoms with van der Waals surface area (Å²) in [6.45, 7) is 1.31. The molecule has 3 rings (SSSR count). The molecule has 0 aliphatic carbocycles. The zero-order chi connectivity index (χ0) is 18.4. The number of benzene rings is 2. The minimum absolute atomic E-state index is 0.220. The van der Waals surface area contributed by atoms with Crippen LogP contribution in [0.1, 0.15) is 5.56 Å². The third-order valence-corrected chi connectivity index (χ3v) is 5.07. The molecular formula is C20H21FN2O2S. The van der Waals surface area contributed by atoms with Gasteiger partial charge in [-0.15, -0.1) is 0 Å². The van der Waals surface area contributed by atoms with E-state index in [0.717, 1.165) is 33.5 Å². The molecule has 6 heteroatoms. The van der Waals surface area contributed by atoms with Crippen molar-refractivity contribution < 1.29 is 13.9 Å². The van der Waals surface area contributed by atoms with Gasteiger partial charge in [0.2, 0.25) is 0 Å². The molecule has 0 spiro atoms. The maximum absolute atomic E-state index is 13.1. The Hall–Kier alpha value is -2.31. The van der Waals surface area contributed by atoms with E-state index in [4.69, 9.17) is 9.47 Å². The SMILES string of the molecule is COCCn1c(-c2ccc(OC)cc2)cnc1SCc1ccc(F)cc1. The summed E-state index contributed by atoms with van der Waals surface area (Å²) in [7, 11) is 3.34. The molecule has 2 aromatic carbocycles. The van der Waals surface area contributed by atoms with Gasteiger partial charge < -0.3 is 14.0 Å². The molecule has 136 valence electrons. The molecule has 0 fully saturated rings. The van der Waals surface area contributed by atoms with E-state index in [2.05, 4.69) is 9.55 Å². The van der Waals surface area contributed by atoms with Gasteiger partial charge in [-0.1, -0.05) is 23.9 Å². The maximum Gasteiger partial charge on any atom is 0.168 e. The highest BCUT2D eigenvalue weighted by Crippen LogP contribution is 2.29. The number of ether oxygens (including phenoxy) is 2. The van der Waals surface area contributed by atoms with Gasteiger partial charge in [0.1, 0.15) is 11.6 Å². The van der Waals surface area contributed by atoms with Gasteiger partial charge in [-0.05, 0) is 42.0 Å². The summed E-state index contributed by atoms with van der Waals surface area (Å²) < 4.78 is 25.7. The van der Waals surface area contributed by atoms with Crippen LogP contribution in [0.3, 0.4) is 0 Å². The number of thioether (sulfide) groups is 1. The minimum Gasteiger partial charge on any atom is -0.497 e. The largest absolute Gasteiger partial charge is 0.497 e. The number of rotatable bonds is 8. The van der Waals surface area contributed by atoms with Crippen LogP contribution in [0, 0.1) is 5.82 Å². The lowest BCUT2D eigenvalue weighted by atomic mass is 10.1. The molecule has 0 saturated heterocycles. The standard InChI is InChI=1S/C20H21FN2O2S/c1-24-12-11-23-19(16-5-9-18(25-2)10-6-16)13-22-20(23)26-14-15-3-7-17(21)8-4-15/h3-10,13H,11-12,14H2,1-2H3. The van der Waals surface area contributed by atoms with Crippen molar-refractivity contribution in [2.45, 2.75) is 17.5 Å². The number of hydrogen-bond acceptors (Lipinski definition) is 4. The molecule has 3 aromatic rings. The zero-order valence-electron chi connectivity index (χ0n) is 14.8. The van der Waals surface area contributed by atoms with Crippen LogP contribution in [0.25, 0.3) is 11.3 Å². The normalized spacial score (nSPS) is 10.9. The number of hydrogen-bond donors (Lipinski definition) is 0. The molecule has 1 aromatic heterocycles. The van der Waals surface area contributed by atoms with Crippen LogP contribution in [-0.4, -0.2) is 30.4 Å². The van der Waals surface area contributed by atoms with Crippen molar-refractivity contribution in [2.75, 3.05) is 20.8 Å². The van der Waals surface area contributed by atoms with E-state index in [1.807, 2.05) is 30.5 Å². The van der Waals surface area contributed by atoms with Gasteiger partial charge in [0.05, 0.1) is 25.6 Å². The third-order valence-electron chi connectivity index (χ3n) is 4.00. The van der Waals surface area contributed by atoms with Crippen LogP contribution >= 0.6 is 11.8 Å². The molecule has 1 heterocycles. The average molecular weight is 372 g/mol. The molecule has 0 atom stereocenters. The van der Waals surface area contributed by atoms with Gasteiger partial charge in [0.25, 0.3) is 0 Å². The maximum atomic E-state index is 13.1. The summed E-state index contributed by atoms with van der Waals surface area (Å²) >= 11 is 1.63. The number of methoxy groups -OCH3 is 2. The quantitative estimate of drug-likeness (QED) is 0.540. The van der Waals surface area contributed by atoms with Crippen molar-refractivity contribution in [3.05, 3.63) is 66.1 Å². The highest BCUT2D eigenvalue weighted by atomic mass is 32.2. The molecule has 0 N–H and O–H groups in total. The van der Waals surface area contributed by atoms with Gasteiger partial charge in [-0.25, -0.2) is 9.37 Å². The van der Waals surface area contributed by atoms with E-state index >= 15 is 0 Å². The zero-order valence-corrected chi connectivity index (χ0v) is 15.6. The van der Waals surface area contributed by atoms with Crippen molar-refractivity contribution in [2.24, 2.45) is 0 Å². The van der Waals surface area contributed by atoms with E-state index in [9.17, 15) is 4.39 Å². The first-order valence-electron chi connectivity index (χ1n) is 8.27. The highest BCUT2D eigenvalue weighted by Gasteiger charge is 2.12. The van der Waals surface area contributed by atoms with E-state index in [1.165, 1.54) is 12.1 Å². The second-order valence-corrected chi connectivity index (χ2v) is 6.66. The minimum atomic E-state index is -0.220. The molecule has 26 heavy (non-hydrogen) atoms. The summed E-state index contributed by atoms with van der Waals surface area (Å²) in [4.78, 5) is 4.59. The summed E-state index contributed by atoms with van der Waals surface area (Å²) in [6, 6.07) is 14.5. The van der Waals surface area contributed by atoms with Gasteiger partial charge in [0.15, 0.2) is 5.16 Å². The molecule has 0 saturated carbocycles. The molecule has 0 aliphatic rings. The fourth-order valence-electron chi connectivity index (χ4n) is 2.59. The Kier molecular flexibility index (Phi) is 6.30. The average Bonchev–Trinajstić information content (AvgIpc) is 3.08. The van der Waals surface area contributed by atoms with E-state index in [1.54, 1.807) is 38.1 Å². The number of halogens is 1. The van der Waals surface area contributed by atoms with E-state index < -0.39 is 0 Å². The molecule has 0 amide bonds. The Balaban J connectivity index is 1.82. The molecule has 0 bridgehead atoms. The highest BCUT2D eigenvalue weighted by molar-refractivity contribution is 7.98. The second kappa shape index (κ2) is 8.87. The lowest BCUT2D eigenvalue weighted by Crippen LogP contribution is -2.07. The lowest BCUT2D eigenvalue weighted by Gasteiger charge is -2.12. The molecule has 4 nitrogen and oxygen atoms in total. The van der Waals surface area contributed by atoms with Crippen LogP contribution in [0.4, 0.5) is 4.39 Å². The fourth-order valence-corrected chi connectivity index (χ4v) is 3.55. The summed E-state index contributed by atoms with van der Waals surface area (Å²) in [5.74, 6) is 1.33. The lowest BCUT2D eigenvalue weighted by molar-refractivity contribution is 0.185. The Labute approximate surface area is 157 Å². The van der Waals surface area contributed by atoms with Crippen LogP contribution in [-0.2, 0) is 17.0 Å². The Morgan fingerprint density at radius 1 is 1.04 bits per heavy atom. The molecular weight excluding hydrogens is 351 g/mol. The van der Waals surface area contributed by atoms with Crippen LogP contribution in [0.15, 0.2) is 59.9 Å². The van der Waals surface area contributed by atoms with Crippen LogP contribution in [0.5, 0.6) is 5.75 Å². The molecule has 0 radical (unpaired) electrons. The van der Waals surface area contributed by atoms with E-state index in [-0.39, 0.29) is 5.82 Å². The predicted octanol–water partition coefficient (Wildman–Crippen LogP) is 4.64. The predicted molar refractivity (Wildman–Crippen MR) is 102 cm³/mol. The molecule has 0 unspecified atom stereocenters. The fraction of sp³-hybridized carbons (Fsp3) is 0.250. The van der Waals surface area contributed by atoms with Crippen molar-refractivity contribution in [3.63, 3.8) is 0 Å². The first-order chi connectivity index (χ1) is 12.7. The third kappa shape index (κ3) is 4.45. The van der Waals surface area contributed by atoms with Gasteiger partial charge >= 0.3 is 0 Å². The van der Waals surface area contributed by atoms with Gasteiger partial charge in [-0.2, -0.15) is 0 Å². The van der Waals surface area contributed by atoms with Gasteiger partial charge in [0, 0.05) is 25.0 Å². The second-order valence-electron chi connectivity index (χ2n) is 5.71. The van der Waals surface area contributed by atoms with Gasteiger partial charge in [-0.3, -0.25) is 0 Å². The van der Waals surface area contributed by atoms with Crippen molar-refractivity contribution in [1.82, 2.24) is 9.55 Å². The van der Waals surface area contributed by atoms with Crippen molar-refractivity contribution >= 4 is 11.8 Å². The summed E-state index contributed by atoms with van der Waals surface area (Å²) in [5.41, 5.74) is 3.16. The van der Waals surface area contributed by atoms with E-state index in [0.29, 0.717) is 13.2 Å². The van der Waals surface area contributed by atoms with Crippen LogP contribution in [0.2, 0.25) is 0 Å². The number of imidazole rings is 1. The summed E-state index contributed by atoms with van der Waals surface area (Å²) in [5, 5.41) is 0.914. The molecule has 0 aliphatic heterocycles. The topological polar surface area (TPSA) is 36.3 Å². The Morgan fingerprint density at radius 3 is 2.42 bits per heavy atom. The monoisotopic (exact) mass is 372 g/mol. The number of nitrogens with zero attached hydrogens (tertiary/aromatic N) is 2. The first-order valence-corrected chi connectivity index (χ1v) is 9.26. The number of aromatic nitrogens is 2.